The number of benzene rings is 2. The van der Waals surface area contributed by atoms with Crippen molar-refractivity contribution in [3.63, 3.8) is 0 Å². The molecule has 1 N–H and O–H groups in total. The lowest BCUT2D eigenvalue weighted by Gasteiger charge is -2.11. The van der Waals surface area contributed by atoms with E-state index in [-0.39, 0.29) is 10.6 Å². The highest BCUT2D eigenvalue weighted by Crippen LogP contribution is 2.36. The van der Waals surface area contributed by atoms with Crippen LogP contribution >= 0.6 is 11.8 Å². The fraction of sp³-hybridized carbons (Fsp3) is 0.118. The number of carbonyl (C=O) groups excluding carboxylic acids is 1. The second-order valence-corrected chi connectivity index (χ2v) is 6.66. The van der Waals surface area contributed by atoms with Crippen LogP contribution in [0.4, 0.5) is 24.5 Å². The summed E-state index contributed by atoms with van der Waals surface area (Å²) in [6, 6.07) is 8.98. The van der Waals surface area contributed by atoms with Gasteiger partial charge in [-0.1, -0.05) is 17.3 Å². The summed E-state index contributed by atoms with van der Waals surface area (Å²) in [6.45, 7) is 0. The van der Waals surface area contributed by atoms with Crippen molar-refractivity contribution in [2.24, 2.45) is 0 Å². The fourth-order valence-corrected chi connectivity index (χ4v) is 3.21. The van der Waals surface area contributed by atoms with Crippen LogP contribution in [0.1, 0.15) is 5.56 Å². The topological polar surface area (TPSA) is 103 Å². The Balaban J connectivity index is 1.73. The smallest absolute Gasteiger partial charge is 0.323 e. The van der Waals surface area contributed by atoms with Crippen molar-refractivity contribution >= 4 is 29.0 Å². The largest absolute Gasteiger partial charge is 0.416 e. The lowest BCUT2D eigenvalue weighted by molar-refractivity contribution is -0.388. The van der Waals surface area contributed by atoms with E-state index < -0.39 is 28.3 Å². The van der Waals surface area contributed by atoms with Gasteiger partial charge in [0, 0.05) is 6.07 Å². The number of nitrogens with zero attached hydrogens (tertiary/aromatic N) is 4. The van der Waals surface area contributed by atoms with E-state index in [9.17, 15) is 28.1 Å². The number of rotatable bonds is 6. The predicted molar refractivity (Wildman–Crippen MR) is 98.8 cm³/mol. The minimum absolute atomic E-state index is 0.0392. The van der Waals surface area contributed by atoms with Gasteiger partial charge in [-0.15, -0.1) is 16.9 Å². The number of hydrogen-bond acceptors (Lipinski definition) is 6. The van der Waals surface area contributed by atoms with Crippen molar-refractivity contribution < 1.29 is 22.9 Å². The molecule has 0 aliphatic carbocycles. The third kappa shape index (κ3) is 4.90. The number of thioether (sulfide) groups is 1. The maximum absolute atomic E-state index is 12.8. The van der Waals surface area contributed by atoms with Gasteiger partial charge in [-0.25, -0.2) is 4.68 Å². The Labute approximate surface area is 165 Å². The van der Waals surface area contributed by atoms with Crippen LogP contribution in [0.5, 0.6) is 0 Å². The maximum atomic E-state index is 12.8. The summed E-state index contributed by atoms with van der Waals surface area (Å²) in [5, 5.41) is 21.3. The Bertz CT molecular complexity index is 1040. The van der Waals surface area contributed by atoms with Crippen molar-refractivity contribution in [2.45, 2.75) is 11.1 Å². The van der Waals surface area contributed by atoms with E-state index in [0.717, 1.165) is 23.9 Å². The average Bonchev–Trinajstić information content (AvgIpc) is 3.20. The van der Waals surface area contributed by atoms with Crippen LogP contribution in [-0.2, 0) is 11.0 Å². The molecule has 0 spiro atoms. The van der Waals surface area contributed by atoms with Crippen LogP contribution in [0.2, 0.25) is 0 Å². The maximum Gasteiger partial charge on any atom is 0.416 e. The number of aromatic nitrogens is 3. The van der Waals surface area contributed by atoms with E-state index in [2.05, 4.69) is 15.6 Å². The number of halogens is 3. The van der Waals surface area contributed by atoms with Gasteiger partial charge in [0.15, 0.2) is 0 Å². The number of nitrogens with one attached hydrogen (secondary N) is 1. The number of anilines is 1. The zero-order valence-corrected chi connectivity index (χ0v) is 15.3. The molecule has 0 saturated carbocycles. The van der Waals surface area contributed by atoms with Gasteiger partial charge in [0.2, 0.25) is 5.91 Å². The van der Waals surface area contributed by atoms with E-state index in [1.165, 1.54) is 10.9 Å². The third-order valence-corrected chi connectivity index (χ3v) is 4.75. The first kappa shape index (κ1) is 20.3. The number of amides is 1. The molecule has 1 aromatic heterocycles. The van der Waals surface area contributed by atoms with Crippen molar-refractivity contribution in [1.82, 2.24) is 15.0 Å². The molecule has 3 rings (SSSR count). The summed E-state index contributed by atoms with van der Waals surface area (Å²) in [4.78, 5) is 22.5. The van der Waals surface area contributed by atoms with E-state index >= 15 is 0 Å². The van der Waals surface area contributed by atoms with Crippen molar-refractivity contribution in [2.75, 3.05) is 11.1 Å². The third-order valence-electron chi connectivity index (χ3n) is 3.69. The first-order valence-electron chi connectivity index (χ1n) is 7.99. The SMILES string of the molecule is O=C(CSc1ccc(C(F)(F)F)cc1[N+](=O)[O-])Nc1ccccc1-n1ccnn1. The minimum atomic E-state index is -4.70. The molecule has 2 aromatic carbocycles. The van der Waals surface area contributed by atoms with Gasteiger partial charge >= 0.3 is 6.18 Å². The molecule has 1 amide bonds. The van der Waals surface area contributed by atoms with Gasteiger partial charge in [0.25, 0.3) is 5.69 Å². The second kappa shape index (κ2) is 8.31. The zero-order chi connectivity index (χ0) is 21.0. The van der Waals surface area contributed by atoms with Gasteiger partial charge in [0.05, 0.1) is 44.9 Å². The van der Waals surface area contributed by atoms with Crippen molar-refractivity contribution in [1.29, 1.82) is 0 Å². The summed E-state index contributed by atoms with van der Waals surface area (Å²) < 4.78 is 39.8. The molecule has 3 aromatic rings. The summed E-state index contributed by atoms with van der Waals surface area (Å²) in [6.07, 6.45) is -1.64. The molecule has 0 fully saturated rings. The van der Waals surface area contributed by atoms with Gasteiger partial charge in [-0.3, -0.25) is 14.9 Å². The highest BCUT2D eigenvalue weighted by Gasteiger charge is 2.33. The fourth-order valence-electron chi connectivity index (χ4n) is 2.40. The average molecular weight is 423 g/mol. The Morgan fingerprint density at radius 3 is 2.66 bits per heavy atom. The molecule has 0 aliphatic rings. The van der Waals surface area contributed by atoms with Gasteiger partial charge in [-0.2, -0.15) is 13.2 Å². The van der Waals surface area contributed by atoms with Crippen LogP contribution in [0.25, 0.3) is 5.69 Å². The summed E-state index contributed by atoms with van der Waals surface area (Å²) in [5.74, 6) is -0.727. The molecule has 12 heteroatoms. The van der Waals surface area contributed by atoms with E-state index in [4.69, 9.17) is 0 Å². The molecule has 0 radical (unpaired) electrons. The van der Waals surface area contributed by atoms with E-state index in [0.29, 0.717) is 17.4 Å². The summed E-state index contributed by atoms with van der Waals surface area (Å²) >= 11 is 0.770. The first-order chi connectivity index (χ1) is 13.8. The number of hydrogen-bond donors (Lipinski definition) is 1. The molecular formula is C17H12F3N5O3S. The van der Waals surface area contributed by atoms with Crippen molar-refractivity contribution in [3.8, 4) is 5.69 Å². The Hall–Kier alpha value is -3.41. The highest BCUT2D eigenvalue weighted by molar-refractivity contribution is 8.00. The van der Waals surface area contributed by atoms with Crippen LogP contribution in [0.15, 0.2) is 59.8 Å². The number of nitro groups is 1. The summed E-state index contributed by atoms with van der Waals surface area (Å²) in [7, 11) is 0. The molecule has 29 heavy (non-hydrogen) atoms. The Morgan fingerprint density at radius 1 is 1.24 bits per heavy atom. The van der Waals surface area contributed by atoms with Crippen molar-refractivity contribution in [3.05, 3.63) is 70.5 Å². The van der Waals surface area contributed by atoms with Crippen LogP contribution in [0, 0.1) is 10.1 Å². The number of alkyl halides is 3. The highest BCUT2D eigenvalue weighted by atomic mass is 32.2. The molecular weight excluding hydrogens is 411 g/mol. The van der Waals surface area contributed by atoms with Gasteiger partial charge < -0.3 is 5.32 Å². The molecule has 8 nitrogen and oxygen atoms in total. The van der Waals surface area contributed by atoms with E-state index in [1.807, 2.05) is 0 Å². The normalized spacial score (nSPS) is 11.3. The summed E-state index contributed by atoms with van der Waals surface area (Å²) in [5.41, 5.74) is -0.838. The lowest BCUT2D eigenvalue weighted by atomic mass is 10.2. The number of carbonyl (C=O) groups is 1. The first-order valence-corrected chi connectivity index (χ1v) is 8.98. The molecule has 0 aliphatic heterocycles. The quantitative estimate of drug-likeness (QED) is 0.366. The molecule has 0 atom stereocenters. The lowest BCUT2D eigenvalue weighted by Crippen LogP contribution is -2.16. The molecule has 0 bridgehead atoms. The Kier molecular flexibility index (Phi) is 5.82. The Morgan fingerprint density at radius 2 is 2.00 bits per heavy atom. The van der Waals surface area contributed by atoms with Gasteiger partial charge in [0.1, 0.15) is 0 Å². The minimum Gasteiger partial charge on any atom is -0.323 e. The molecule has 150 valence electrons. The van der Waals surface area contributed by atoms with Gasteiger partial charge in [-0.05, 0) is 24.3 Å². The molecule has 0 unspecified atom stereocenters. The van der Waals surface area contributed by atoms with Crippen LogP contribution < -0.4 is 5.32 Å². The molecule has 0 saturated heterocycles. The monoisotopic (exact) mass is 423 g/mol. The van der Waals surface area contributed by atoms with Crippen LogP contribution in [0.3, 0.4) is 0 Å². The molecule has 1 heterocycles. The number of para-hydroxylation sites is 2. The zero-order valence-electron chi connectivity index (χ0n) is 14.5. The predicted octanol–water partition coefficient (Wildman–Crippen LogP) is 3.93. The second-order valence-electron chi connectivity index (χ2n) is 5.64. The van der Waals surface area contributed by atoms with E-state index in [1.54, 1.807) is 30.5 Å². The standard InChI is InChI=1S/C17H12F3N5O3S/c18-17(19,20)11-5-6-15(14(9-11)25(27)28)29-10-16(26)22-12-3-1-2-4-13(12)24-8-7-21-23-24/h1-9H,10H2,(H,22,26). The van der Waals surface area contributed by atoms with Crippen LogP contribution in [-0.4, -0.2) is 31.6 Å². The number of nitro benzene ring substituents is 1.